The molecule has 0 aliphatic rings. The summed E-state index contributed by atoms with van der Waals surface area (Å²) in [7, 11) is -3.80. The molecule has 1 aromatic carbocycles. The number of nitrogens with two attached hydrogens (primary N) is 1. The number of hydrogen-bond donors (Lipinski definition) is 2. The molecule has 0 fully saturated rings. The minimum atomic E-state index is -3.80. The minimum Gasteiger partial charge on any atom is -0.398 e. The van der Waals surface area contributed by atoms with Gasteiger partial charge in [0.1, 0.15) is 4.90 Å². The molecular weight excluding hydrogens is 368 g/mol. The maximum absolute atomic E-state index is 12.3. The Bertz CT molecular complexity index is 745. The second-order valence-corrected chi connectivity index (χ2v) is 6.88. The summed E-state index contributed by atoms with van der Waals surface area (Å²) in [6.45, 7) is 2.55. The number of sulfonamides is 1. The predicted octanol–water partition coefficient (Wildman–Crippen LogP) is 2.70. The van der Waals surface area contributed by atoms with E-state index in [-0.39, 0.29) is 20.1 Å². The van der Waals surface area contributed by atoms with Crippen molar-refractivity contribution >= 4 is 48.9 Å². The van der Waals surface area contributed by atoms with Crippen molar-refractivity contribution in [3.8, 4) is 0 Å². The van der Waals surface area contributed by atoms with E-state index in [0.717, 1.165) is 0 Å². The van der Waals surface area contributed by atoms with Crippen LogP contribution in [-0.4, -0.2) is 18.2 Å². The summed E-state index contributed by atoms with van der Waals surface area (Å²) in [5, 5.41) is 4.24. The molecule has 0 unspecified atom stereocenters. The molecule has 1 aromatic heterocycles. The first kappa shape index (κ1) is 15.1. The van der Waals surface area contributed by atoms with Gasteiger partial charge in [-0.3, -0.25) is 9.40 Å². The Morgan fingerprint density at radius 1 is 1.50 bits per heavy atom. The van der Waals surface area contributed by atoms with Crippen LogP contribution in [0.5, 0.6) is 0 Å². The van der Waals surface area contributed by atoms with Crippen LogP contribution >= 0.6 is 27.5 Å². The highest BCUT2D eigenvalue weighted by atomic mass is 79.9. The van der Waals surface area contributed by atoms with E-state index < -0.39 is 10.0 Å². The molecule has 0 aliphatic heterocycles. The first-order valence-electron chi connectivity index (χ1n) is 5.63. The molecule has 0 radical (unpaired) electrons. The van der Waals surface area contributed by atoms with Gasteiger partial charge in [0.2, 0.25) is 0 Å². The average Bonchev–Trinajstić information content (AvgIpc) is 2.80. The average molecular weight is 380 g/mol. The molecule has 2 aromatic rings. The number of halogens is 2. The molecule has 6 nitrogen and oxygen atoms in total. The van der Waals surface area contributed by atoms with Crippen molar-refractivity contribution in [2.45, 2.75) is 18.4 Å². The lowest BCUT2D eigenvalue weighted by atomic mass is 10.3. The van der Waals surface area contributed by atoms with Gasteiger partial charge in [0.15, 0.2) is 0 Å². The number of anilines is 2. The van der Waals surface area contributed by atoms with E-state index in [1.54, 1.807) is 10.9 Å². The zero-order chi connectivity index (χ0) is 14.9. The van der Waals surface area contributed by atoms with Gasteiger partial charge in [-0.25, -0.2) is 8.42 Å². The van der Waals surface area contributed by atoms with Crippen LogP contribution in [0.1, 0.15) is 6.92 Å². The standard InChI is InChI=1S/C11H12BrClN4O2S/c1-2-17-6-8(5-15-17)16-20(18,19)10-4-7(13)3-9(14)11(10)12/h3-6,16H,2,14H2,1H3. The van der Waals surface area contributed by atoms with E-state index in [0.29, 0.717) is 12.2 Å². The Balaban J connectivity index is 2.40. The van der Waals surface area contributed by atoms with Crippen LogP contribution in [0.4, 0.5) is 11.4 Å². The Morgan fingerprint density at radius 3 is 2.80 bits per heavy atom. The Labute approximate surface area is 130 Å². The van der Waals surface area contributed by atoms with E-state index >= 15 is 0 Å². The number of nitrogens with zero attached hydrogens (tertiary/aromatic N) is 2. The van der Waals surface area contributed by atoms with Crippen LogP contribution in [0.25, 0.3) is 0 Å². The smallest absolute Gasteiger partial charge is 0.263 e. The maximum atomic E-state index is 12.3. The van der Waals surface area contributed by atoms with Gasteiger partial charge in [-0.05, 0) is 35.0 Å². The van der Waals surface area contributed by atoms with Crippen LogP contribution in [0.15, 0.2) is 33.9 Å². The molecule has 3 N–H and O–H groups in total. The second kappa shape index (κ2) is 5.63. The van der Waals surface area contributed by atoms with E-state index in [1.807, 2.05) is 6.92 Å². The summed E-state index contributed by atoms with van der Waals surface area (Å²) in [6.07, 6.45) is 3.03. The number of nitrogens with one attached hydrogen (secondary N) is 1. The molecule has 0 spiro atoms. The van der Waals surface area contributed by atoms with Gasteiger partial charge in [0.05, 0.1) is 16.4 Å². The summed E-state index contributed by atoms with van der Waals surface area (Å²) in [5.74, 6) is 0. The molecule has 20 heavy (non-hydrogen) atoms. The fourth-order valence-electron chi connectivity index (χ4n) is 1.58. The van der Waals surface area contributed by atoms with Crippen LogP contribution < -0.4 is 10.5 Å². The lowest BCUT2D eigenvalue weighted by Gasteiger charge is -2.10. The first-order valence-corrected chi connectivity index (χ1v) is 8.28. The van der Waals surface area contributed by atoms with Gasteiger partial charge in [0, 0.05) is 23.5 Å². The van der Waals surface area contributed by atoms with Gasteiger partial charge in [-0.2, -0.15) is 5.10 Å². The number of rotatable bonds is 4. The Kier molecular flexibility index (Phi) is 4.26. The third kappa shape index (κ3) is 3.08. The van der Waals surface area contributed by atoms with Crippen molar-refractivity contribution in [1.82, 2.24) is 9.78 Å². The molecule has 2 rings (SSSR count). The topological polar surface area (TPSA) is 90.0 Å². The summed E-state index contributed by atoms with van der Waals surface area (Å²) in [5.41, 5.74) is 6.32. The maximum Gasteiger partial charge on any atom is 0.263 e. The van der Waals surface area contributed by atoms with E-state index in [9.17, 15) is 8.42 Å². The second-order valence-electron chi connectivity index (χ2n) is 4.00. The fraction of sp³-hybridized carbons (Fsp3) is 0.182. The molecule has 9 heteroatoms. The zero-order valence-electron chi connectivity index (χ0n) is 10.5. The molecule has 0 saturated carbocycles. The molecular formula is C11H12BrClN4O2S. The Hall–Kier alpha value is -1.25. The van der Waals surface area contributed by atoms with Crippen LogP contribution in [0.2, 0.25) is 5.02 Å². The summed E-state index contributed by atoms with van der Waals surface area (Å²) >= 11 is 9.01. The summed E-state index contributed by atoms with van der Waals surface area (Å²) < 4.78 is 29.0. The van der Waals surface area contributed by atoms with Crippen molar-refractivity contribution in [2.24, 2.45) is 0 Å². The molecule has 0 amide bonds. The van der Waals surface area contributed by atoms with Gasteiger partial charge in [0.25, 0.3) is 10.0 Å². The third-order valence-electron chi connectivity index (χ3n) is 2.53. The van der Waals surface area contributed by atoms with E-state index in [4.69, 9.17) is 17.3 Å². The molecule has 0 atom stereocenters. The molecule has 0 saturated heterocycles. The van der Waals surface area contributed by atoms with Crippen molar-refractivity contribution in [1.29, 1.82) is 0 Å². The molecule has 1 heterocycles. The SMILES string of the molecule is CCn1cc(NS(=O)(=O)c2cc(Cl)cc(N)c2Br)cn1. The number of aromatic nitrogens is 2. The quantitative estimate of drug-likeness (QED) is 0.799. The Morgan fingerprint density at radius 2 is 2.20 bits per heavy atom. The minimum absolute atomic E-state index is 0.0215. The van der Waals surface area contributed by atoms with Gasteiger partial charge >= 0.3 is 0 Å². The highest BCUT2D eigenvalue weighted by Gasteiger charge is 2.21. The first-order chi connectivity index (χ1) is 9.33. The van der Waals surface area contributed by atoms with E-state index in [1.165, 1.54) is 18.3 Å². The highest BCUT2D eigenvalue weighted by Crippen LogP contribution is 2.32. The van der Waals surface area contributed by atoms with Crippen molar-refractivity contribution < 1.29 is 8.42 Å². The van der Waals surface area contributed by atoms with Crippen LogP contribution in [0, 0.1) is 0 Å². The van der Waals surface area contributed by atoms with Crippen molar-refractivity contribution in [3.63, 3.8) is 0 Å². The largest absolute Gasteiger partial charge is 0.398 e. The fourth-order valence-corrected chi connectivity index (χ4v) is 3.90. The lowest BCUT2D eigenvalue weighted by molar-refractivity contribution is 0.601. The van der Waals surface area contributed by atoms with Crippen molar-refractivity contribution in [3.05, 3.63) is 34.0 Å². The van der Waals surface area contributed by atoms with Crippen LogP contribution in [0.3, 0.4) is 0 Å². The highest BCUT2D eigenvalue weighted by molar-refractivity contribution is 9.10. The van der Waals surface area contributed by atoms with Gasteiger partial charge < -0.3 is 5.73 Å². The van der Waals surface area contributed by atoms with Crippen molar-refractivity contribution in [2.75, 3.05) is 10.5 Å². The van der Waals surface area contributed by atoms with Crippen LogP contribution in [-0.2, 0) is 16.6 Å². The molecule has 0 aliphatic carbocycles. The van der Waals surface area contributed by atoms with E-state index in [2.05, 4.69) is 25.8 Å². The summed E-state index contributed by atoms with van der Waals surface area (Å²) in [4.78, 5) is -0.0215. The number of nitrogen functional groups attached to an aromatic ring is 1. The molecule has 108 valence electrons. The third-order valence-corrected chi connectivity index (χ3v) is 5.30. The number of aryl methyl sites for hydroxylation is 1. The number of benzene rings is 1. The lowest BCUT2D eigenvalue weighted by Crippen LogP contribution is -2.14. The summed E-state index contributed by atoms with van der Waals surface area (Å²) in [6, 6.07) is 2.80. The predicted molar refractivity (Wildman–Crippen MR) is 82.3 cm³/mol. The molecule has 0 bridgehead atoms. The number of hydrogen-bond acceptors (Lipinski definition) is 4. The van der Waals surface area contributed by atoms with Gasteiger partial charge in [-0.15, -0.1) is 0 Å². The van der Waals surface area contributed by atoms with Gasteiger partial charge in [-0.1, -0.05) is 11.6 Å². The zero-order valence-corrected chi connectivity index (χ0v) is 13.6. The monoisotopic (exact) mass is 378 g/mol. The normalized spacial score (nSPS) is 11.6.